The number of rotatable bonds is 3. The highest BCUT2D eigenvalue weighted by Gasteiger charge is 2.31. The van der Waals surface area contributed by atoms with Crippen LogP contribution in [0.2, 0.25) is 0 Å². The molecule has 4 nitrogen and oxygen atoms in total. The Morgan fingerprint density at radius 1 is 1.29 bits per heavy atom. The topological polar surface area (TPSA) is 52.9 Å². The molecule has 0 aliphatic rings. The van der Waals surface area contributed by atoms with Gasteiger partial charge >= 0.3 is 0 Å². The number of carbonyl (C=O) groups excluding carboxylic acids is 1. The highest BCUT2D eigenvalue weighted by Crippen LogP contribution is 2.17. The van der Waals surface area contributed by atoms with Crippen molar-refractivity contribution < 1.29 is 10.0 Å². The molecule has 92 valence electrons. The van der Waals surface area contributed by atoms with E-state index in [4.69, 9.17) is 5.21 Å². The minimum Gasteiger partial charge on any atom is -0.411 e. The molecule has 1 amide bonds. The van der Waals surface area contributed by atoms with Crippen LogP contribution >= 0.6 is 0 Å². The standard InChI is InChI=1S/C13H18N2O2/c1-10(14-17)13(2,3)15(4)12(16)11-8-6-5-7-9-11/h5-9,17H,1-4H3/b14-10-. The van der Waals surface area contributed by atoms with Gasteiger partial charge in [-0.1, -0.05) is 23.4 Å². The van der Waals surface area contributed by atoms with Crippen LogP contribution in [-0.2, 0) is 0 Å². The molecule has 0 fully saturated rings. The van der Waals surface area contributed by atoms with Crippen molar-refractivity contribution >= 4 is 11.6 Å². The fourth-order valence-corrected chi connectivity index (χ4v) is 1.39. The van der Waals surface area contributed by atoms with Crippen LogP contribution in [0, 0.1) is 0 Å². The van der Waals surface area contributed by atoms with E-state index in [1.807, 2.05) is 32.0 Å². The molecule has 0 bridgehead atoms. The molecule has 17 heavy (non-hydrogen) atoms. The van der Waals surface area contributed by atoms with Gasteiger partial charge in [0.15, 0.2) is 0 Å². The lowest BCUT2D eigenvalue weighted by Gasteiger charge is -2.35. The van der Waals surface area contributed by atoms with Gasteiger partial charge in [0.25, 0.3) is 5.91 Å². The minimum atomic E-state index is -0.623. The normalized spacial score (nSPS) is 12.4. The number of amides is 1. The van der Waals surface area contributed by atoms with E-state index in [0.29, 0.717) is 11.3 Å². The Kier molecular flexibility index (Phi) is 3.89. The molecular formula is C13H18N2O2. The molecule has 1 aromatic rings. The number of carbonyl (C=O) groups is 1. The fraction of sp³-hybridized carbons (Fsp3) is 0.385. The van der Waals surface area contributed by atoms with Gasteiger partial charge in [-0.15, -0.1) is 0 Å². The average molecular weight is 234 g/mol. The summed E-state index contributed by atoms with van der Waals surface area (Å²) in [6.45, 7) is 5.36. The number of oxime groups is 1. The average Bonchev–Trinajstić information content (AvgIpc) is 2.36. The lowest BCUT2D eigenvalue weighted by molar-refractivity contribution is 0.0706. The molecule has 4 heteroatoms. The van der Waals surface area contributed by atoms with Crippen LogP contribution in [0.4, 0.5) is 0 Å². The molecule has 1 N–H and O–H groups in total. The molecule has 0 heterocycles. The predicted molar refractivity (Wildman–Crippen MR) is 67.5 cm³/mol. The Morgan fingerprint density at radius 3 is 2.29 bits per heavy atom. The van der Waals surface area contributed by atoms with E-state index in [0.717, 1.165) is 0 Å². The van der Waals surface area contributed by atoms with Crippen LogP contribution < -0.4 is 0 Å². The predicted octanol–water partition coefficient (Wildman–Crippen LogP) is 2.39. The van der Waals surface area contributed by atoms with Crippen LogP contribution in [-0.4, -0.2) is 34.3 Å². The largest absolute Gasteiger partial charge is 0.411 e. The van der Waals surface area contributed by atoms with Crippen molar-refractivity contribution in [2.24, 2.45) is 5.16 Å². The highest BCUT2D eigenvalue weighted by atomic mass is 16.4. The van der Waals surface area contributed by atoms with Gasteiger partial charge in [-0.25, -0.2) is 0 Å². The third-order valence-corrected chi connectivity index (χ3v) is 3.20. The third-order valence-electron chi connectivity index (χ3n) is 3.20. The van der Waals surface area contributed by atoms with Gasteiger partial charge in [0.1, 0.15) is 0 Å². The molecule has 0 saturated heterocycles. The quantitative estimate of drug-likeness (QED) is 0.496. The van der Waals surface area contributed by atoms with Crippen LogP contribution in [0.15, 0.2) is 35.5 Å². The van der Waals surface area contributed by atoms with Gasteiger partial charge in [0.2, 0.25) is 0 Å². The first-order valence-electron chi connectivity index (χ1n) is 5.43. The fourth-order valence-electron chi connectivity index (χ4n) is 1.39. The molecule has 1 rings (SSSR count). The van der Waals surface area contributed by atoms with Crippen LogP contribution in [0.1, 0.15) is 31.1 Å². The summed E-state index contributed by atoms with van der Waals surface area (Å²) in [5.41, 5.74) is 0.486. The maximum Gasteiger partial charge on any atom is 0.254 e. The molecule has 0 radical (unpaired) electrons. The molecular weight excluding hydrogens is 216 g/mol. The van der Waals surface area contributed by atoms with Gasteiger partial charge in [-0.05, 0) is 32.9 Å². The number of hydrogen-bond acceptors (Lipinski definition) is 3. The summed E-state index contributed by atoms with van der Waals surface area (Å²) in [4.78, 5) is 13.8. The van der Waals surface area contributed by atoms with E-state index in [1.54, 1.807) is 31.0 Å². The smallest absolute Gasteiger partial charge is 0.254 e. The van der Waals surface area contributed by atoms with Gasteiger partial charge in [-0.3, -0.25) is 4.79 Å². The van der Waals surface area contributed by atoms with E-state index in [1.165, 1.54) is 0 Å². The van der Waals surface area contributed by atoms with Gasteiger partial charge in [0, 0.05) is 12.6 Å². The minimum absolute atomic E-state index is 0.0985. The maximum absolute atomic E-state index is 12.2. The summed E-state index contributed by atoms with van der Waals surface area (Å²) in [7, 11) is 1.70. The molecule has 1 aromatic carbocycles. The van der Waals surface area contributed by atoms with Crippen molar-refractivity contribution in [1.29, 1.82) is 0 Å². The number of benzene rings is 1. The first kappa shape index (κ1) is 13.2. The second-order valence-electron chi connectivity index (χ2n) is 4.47. The molecule has 0 atom stereocenters. The molecule has 0 saturated carbocycles. The summed E-state index contributed by atoms with van der Waals surface area (Å²) in [5, 5.41) is 12.0. The molecule has 0 aliphatic heterocycles. The van der Waals surface area contributed by atoms with Gasteiger partial charge in [0.05, 0.1) is 11.3 Å². The van der Waals surface area contributed by atoms with Crippen molar-refractivity contribution in [3.8, 4) is 0 Å². The van der Waals surface area contributed by atoms with E-state index >= 15 is 0 Å². The Balaban J connectivity index is 2.99. The third kappa shape index (κ3) is 2.64. The lowest BCUT2D eigenvalue weighted by atomic mass is 9.96. The van der Waals surface area contributed by atoms with Crippen LogP contribution in [0.3, 0.4) is 0 Å². The first-order valence-corrected chi connectivity index (χ1v) is 5.43. The van der Waals surface area contributed by atoms with Crippen molar-refractivity contribution in [3.05, 3.63) is 35.9 Å². The second-order valence-corrected chi connectivity index (χ2v) is 4.47. The van der Waals surface area contributed by atoms with E-state index in [9.17, 15) is 4.79 Å². The Labute approximate surface area is 102 Å². The zero-order chi connectivity index (χ0) is 13.1. The summed E-state index contributed by atoms with van der Waals surface area (Å²) in [5.74, 6) is -0.0985. The summed E-state index contributed by atoms with van der Waals surface area (Å²) in [6.07, 6.45) is 0. The molecule has 0 spiro atoms. The zero-order valence-electron chi connectivity index (χ0n) is 10.6. The van der Waals surface area contributed by atoms with Gasteiger partial charge < -0.3 is 10.1 Å². The second kappa shape index (κ2) is 4.99. The van der Waals surface area contributed by atoms with Crippen molar-refractivity contribution in [2.45, 2.75) is 26.3 Å². The van der Waals surface area contributed by atoms with E-state index in [-0.39, 0.29) is 5.91 Å². The van der Waals surface area contributed by atoms with E-state index in [2.05, 4.69) is 5.16 Å². The summed E-state index contributed by atoms with van der Waals surface area (Å²) >= 11 is 0. The lowest BCUT2D eigenvalue weighted by Crippen LogP contribution is -2.50. The van der Waals surface area contributed by atoms with Crippen LogP contribution in [0.5, 0.6) is 0 Å². The SMILES string of the molecule is C/C(=N/O)C(C)(C)N(C)C(=O)c1ccccc1. The van der Waals surface area contributed by atoms with Gasteiger partial charge in [-0.2, -0.15) is 0 Å². The first-order chi connectivity index (χ1) is 7.91. The van der Waals surface area contributed by atoms with Crippen molar-refractivity contribution in [2.75, 3.05) is 7.05 Å². The molecule has 0 aliphatic carbocycles. The monoisotopic (exact) mass is 234 g/mol. The van der Waals surface area contributed by atoms with E-state index < -0.39 is 5.54 Å². The summed E-state index contributed by atoms with van der Waals surface area (Å²) < 4.78 is 0. The van der Waals surface area contributed by atoms with Crippen molar-refractivity contribution in [1.82, 2.24) is 4.90 Å². The number of hydrogen-bond donors (Lipinski definition) is 1. The Bertz CT molecular complexity index is 424. The molecule has 0 unspecified atom stereocenters. The van der Waals surface area contributed by atoms with Crippen LogP contribution in [0.25, 0.3) is 0 Å². The van der Waals surface area contributed by atoms with Crippen molar-refractivity contribution in [3.63, 3.8) is 0 Å². The zero-order valence-corrected chi connectivity index (χ0v) is 10.6. The Hall–Kier alpha value is -1.84. The molecule has 0 aromatic heterocycles. The highest BCUT2D eigenvalue weighted by molar-refractivity contribution is 6.00. The summed E-state index contributed by atoms with van der Waals surface area (Å²) in [6, 6.07) is 9.03. The Morgan fingerprint density at radius 2 is 1.82 bits per heavy atom. The maximum atomic E-state index is 12.2. The number of nitrogens with zero attached hydrogens (tertiary/aromatic N) is 2.